The number of carbonyl (C=O) groups is 3. The molecule has 1 atom stereocenters. The van der Waals surface area contributed by atoms with E-state index < -0.39 is 11.7 Å². The number of amides is 3. The highest BCUT2D eigenvalue weighted by atomic mass is 19.1. The fourth-order valence-corrected chi connectivity index (χ4v) is 5.03. The summed E-state index contributed by atoms with van der Waals surface area (Å²) in [5.41, 5.74) is 6.39. The highest BCUT2D eigenvalue weighted by Crippen LogP contribution is 2.46. The average molecular weight is 435 g/mol. The van der Waals surface area contributed by atoms with Crippen molar-refractivity contribution in [2.45, 2.75) is 25.3 Å². The van der Waals surface area contributed by atoms with Gasteiger partial charge in [0.2, 0.25) is 5.91 Å². The molecule has 3 aromatic rings. The summed E-state index contributed by atoms with van der Waals surface area (Å²) in [6.45, 7) is 0.928. The molecule has 8 nitrogen and oxygen atoms in total. The lowest BCUT2D eigenvalue weighted by molar-refractivity contribution is -0.00436. The molecule has 0 radical (unpaired) electrons. The third-order valence-electron chi connectivity index (χ3n) is 6.66. The Morgan fingerprint density at radius 3 is 2.75 bits per heavy atom. The number of pyridine rings is 1. The maximum atomic E-state index is 13.8. The summed E-state index contributed by atoms with van der Waals surface area (Å²) >= 11 is 0. The second-order valence-corrected chi connectivity index (χ2v) is 8.66. The first-order valence-corrected chi connectivity index (χ1v) is 10.5. The first-order chi connectivity index (χ1) is 15.4. The molecule has 4 N–H and O–H groups in total. The number of fused-ring (bicyclic) bond motifs is 1. The standard InChI is InChI=1S/C23H22FN5O3/c24-15-7-13(20(25)30)6-14(8-15)22(32)29-11-23(12-29)4-1-2-19(23)28-21(31)17-9-26-10-18-16(17)3-5-27-18/h3,5-10,19,27H,1-2,4,11-12H2,(H2,25,30)(H,28,31). The monoisotopic (exact) mass is 435 g/mol. The number of likely N-dealkylation sites (tertiary alicyclic amines) is 1. The fourth-order valence-electron chi connectivity index (χ4n) is 5.03. The van der Waals surface area contributed by atoms with Crippen molar-refractivity contribution in [1.82, 2.24) is 20.2 Å². The zero-order chi connectivity index (χ0) is 22.5. The minimum Gasteiger partial charge on any atom is -0.366 e. The lowest BCUT2D eigenvalue weighted by Gasteiger charge is -2.51. The molecule has 5 rings (SSSR count). The van der Waals surface area contributed by atoms with E-state index in [0.29, 0.717) is 18.7 Å². The molecular weight excluding hydrogens is 413 g/mol. The van der Waals surface area contributed by atoms with Crippen LogP contribution in [-0.2, 0) is 0 Å². The van der Waals surface area contributed by atoms with Crippen molar-refractivity contribution < 1.29 is 18.8 Å². The van der Waals surface area contributed by atoms with Gasteiger partial charge in [-0.2, -0.15) is 0 Å². The smallest absolute Gasteiger partial charge is 0.254 e. The van der Waals surface area contributed by atoms with Crippen LogP contribution in [0.4, 0.5) is 4.39 Å². The summed E-state index contributed by atoms with van der Waals surface area (Å²) in [5.74, 6) is -2.01. The van der Waals surface area contributed by atoms with E-state index in [-0.39, 0.29) is 34.4 Å². The van der Waals surface area contributed by atoms with Crippen LogP contribution in [0.3, 0.4) is 0 Å². The SMILES string of the molecule is NC(=O)c1cc(F)cc(C(=O)N2CC3(CCCC3NC(=O)c3cncc4[nH]ccc34)C2)c1. The zero-order valence-corrected chi connectivity index (χ0v) is 17.2. The number of hydrogen-bond donors (Lipinski definition) is 3. The third kappa shape index (κ3) is 3.30. The van der Waals surface area contributed by atoms with Crippen molar-refractivity contribution in [2.24, 2.45) is 11.1 Å². The van der Waals surface area contributed by atoms with Gasteiger partial charge in [0, 0.05) is 53.5 Å². The predicted octanol–water partition coefficient (Wildman–Crippen LogP) is 2.23. The number of halogens is 1. The summed E-state index contributed by atoms with van der Waals surface area (Å²) in [7, 11) is 0. The van der Waals surface area contributed by atoms with Gasteiger partial charge >= 0.3 is 0 Å². The highest BCUT2D eigenvalue weighted by Gasteiger charge is 2.53. The van der Waals surface area contributed by atoms with Crippen LogP contribution in [0.5, 0.6) is 0 Å². The zero-order valence-electron chi connectivity index (χ0n) is 17.2. The van der Waals surface area contributed by atoms with Gasteiger partial charge in [0.25, 0.3) is 11.8 Å². The van der Waals surface area contributed by atoms with Crippen molar-refractivity contribution in [3.63, 3.8) is 0 Å². The first-order valence-electron chi connectivity index (χ1n) is 10.5. The molecule has 1 saturated carbocycles. The maximum absolute atomic E-state index is 13.8. The van der Waals surface area contributed by atoms with Gasteiger partial charge in [0.1, 0.15) is 5.82 Å². The Morgan fingerprint density at radius 2 is 1.97 bits per heavy atom. The molecule has 0 bridgehead atoms. The molecule has 2 aliphatic rings. The largest absolute Gasteiger partial charge is 0.366 e. The minimum atomic E-state index is -0.788. The van der Waals surface area contributed by atoms with Crippen LogP contribution >= 0.6 is 0 Å². The van der Waals surface area contributed by atoms with E-state index in [1.165, 1.54) is 6.07 Å². The Hall–Kier alpha value is -3.75. The van der Waals surface area contributed by atoms with Crippen LogP contribution in [0.25, 0.3) is 10.9 Å². The Labute approximate surface area is 183 Å². The average Bonchev–Trinajstić information content (AvgIpc) is 3.38. The van der Waals surface area contributed by atoms with E-state index in [4.69, 9.17) is 5.73 Å². The number of benzene rings is 1. The summed E-state index contributed by atoms with van der Waals surface area (Å²) in [5, 5.41) is 3.96. The minimum absolute atomic E-state index is 0.0397. The number of nitrogens with one attached hydrogen (secondary N) is 2. The second kappa shape index (κ2) is 7.44. The topological polar surface area (TPSA) is 121 Å². The van der Waals surface area contributed by atoms with E-state index in [1.807, 2.05) is 6.07 Å². The number of carbonyl (C=O) groups excluding carboxylic acids is 3. The van der Waals surface area contributed by atoms with Gasteiger partial charge in [0.15, 0.2) is 0 Å². The van der Waals surface area contributed by atoms with Crippen LogP contribution in [0.2, 0.25) is 0 Å². The predicted molar refractivity (Wildman–Crippen MR) is 114 cm³/mol. The fraction of sp³-hybridized carbons (Fsp3) is 0.304. The lowest BCUT2D eigenvalue weighted by Crippen LogP contribution is -2.64. The normalized spacial score (nSPS) is 19.2. The molecule has 1 saturated heterocycles. The number of nitrogens with zero attached hydrogens (tertiary/aromatic N) is 2. The summed E-state index contributed by atoms with van der Waals surface area (Å²) in [6.07, 6.45) is 7.68. The summed E-state index contributed by atoms with van der Waals surface area (Å²) < 4.78 is 13.8. The molecule has 1 aromatic carbocycles. The van der Waals surface area contributed by atoms with Gasteiger partial charge in [-0.3, -0.25) is 19.4 Å². The third-order valence-corrected chi connectivity index (χ3v) is 6.66. The summed E-state index contributed by atoms with van der Waals surface area (Å²) in [6, 6.07) is 5.22. The first kappa shape index (κ1) is 20.2. The molecule has 3 heterocycles. The van der Waals surface area contributed by atoms with Gasteiger partial charge in [-0.15, -0.1) is 0 Å². The molecule has 1 spiro atoms. The highest BCUT2D eigenvalue weighted by molar-refractivity contribution is 6.06. The van der Waals surface area contributed by atoms with Gasteiger partial charge in [-0.25, -0.2) is 4.39 Å². The second-order valence-electron chi connectivity index (χ2n) is 8.66. The van der Waals surface area contributed by atoms with Crippen molar-refractivity contribution in [3.8, 4) is 0 Å². The Kier molecular flexibility index (Phi) is 4.69. The maximum Gasteiger partial charge on any atom is 0.254 e. The van der Waals surface area contributed by atoms with E-state index in [0.717, 1.165) is 42.3 Å². The Balaban J connectivity index is 1.30. The molecule has 1 aliphatic heterocycles. The van der Waals surface area contributed by atoms with Gasteiger partial charge in [-0.1, -0.05) is 6.42 Å². The van der Waals surface area contributed by atoms with Crippen LogP contribution in [0.15, 0.2) is 42.9 Å². The van der Waals surface area contributed by atoms with Crippen LogP contribution in [0, 0.1) is 11.2 Å². The number of H-pyrrole nitrogens is 1. The number of primary amides is 1. The van der Waals surface area contributed by atoms with Gasteiger partial charge < -0.3 is 20.9 Å². The number of aromatic amines is 1. The van der Waals surface area contributed by atoms with Crippen LogP contribution in [-0.4, -0.2) is 51.7 Å². The molecule has 3 amide bonds. The summed E-state index contributed by atoms with van der Waals surface area (Å²) in [4.78, 5) is 46.1. The lowest BCUT2D eigenvalue weighted by atomic mass is 9.74. The van der Waals surface area contributed by atoms with E-state index in [9.17, 15) is 18.8 Å². The van der Waals surface area contributed by atoms with E-state index >= 15 is 0 Å². The quantitative estimate of drug-likeness (QED) is 0.582. The molecule has 32 heavy (non-hydrogen) atoms. The molecular formula is C23H22FN5O3. The molecule has 1 unspecified atom stereocenters. The number of aromatic nitrogens is 2. The van der Waals surface area contributed by atoms with E-state index in [2.05, 4.69) is 15.3 Å². The van der Waals surface area contributed by atoms with Crippen LogP contribution < -0.4 is 11.1 Å². The Bertz CT molecular complexity index is 1250. The molecule has 9 heteroatoms. The van der Waals surface area contributed by atoms with Crippen molar-refractivity contribution in [2.75, 3.05) is 13.1 Å². The molecule has 1 aliphatic carbocycles. The van der Waals surface area contributed by atoms with Crippen LogP contribution in [0.1, 0.15) is 50.3 Å². The number of nitrogens with two attached hydrogens (primary N) is 1. The molecule has 164 valence electrons. The van der Waals surface area contributed by atoms with E-state index in [1.54, 1.807) is 23.5 Å². The molecule has 2 fully saturated rings. The van der Waals surface area contributed by atoms with Crippen molar-refractivity contribution >= 4 is 28.6 Å². The number of rotatable bonds is 4. The molecule has 2 aromatic heterocycles. The van der Waals surface area contributed by atoms with Gasteiger partial charge in [-0.05, 0) is 37.1 Å². The van der Waals surface area contributed by atoms with Gasteiger partial charge in [0.05, 0.1) is 17.3 Å². The van der Waals surface area contributed by atoms with Crippen molar-refractivity contribution in [3.05, 3.63) is 65.4 Å². The number of hydrogen-bond acceptors (Lipinski definition) is 4. The Morgan fingerprint density at radius 1 is 1.19 bits per heavy atom. The van der Waals surface area contributed by atoms with Crippen molar-refractivity contribution in [1.29, 1.82) is 0 Å².